The Morgan fingerprint density at radius 2 is 1.70 bits per heavy atom. The van der Waals surface area contributed by atoms with E-state index in [2.05, 4.69) is 5.32 Å². The molecule has 0 fully saturated rings. The smallest absolute Gasteiger partial charge is 0.128 e. The van der Waals surface area contributed by atoms with Gasteiger partial charge >= 0.3 is 0 Å². The third-order valence-electron chi connectivity index (χ3n) is 2.74. The molecule has 98 valence electrons. The number of rotatable bonds is 3. The van der Waals surface area contributed by atoms with E-state index in [1.165, 1.54) is 18.2 Å². The molecule has 3 nitrogen and oxygen atoms in total. The normalized spacial score (nSPS) is 9.60. The van der Waals surface area contributed by atoms with Crippen LogP contribution in [0.2, 0.25) is 5.02 Å². The zero-order valence-electron chi connectivity index (χ0n) is 10.3. The van der Waals surface area contributed by atoms with Crippen LogP contribution in [0.25, 0.3) is 0 Å². The molecule has 0 aliphatic carbocycles. The van der Waals surface area contributed by atoms with Crippen LogP contribution in [0.4, 0.5) is 10.1 Å². The first-order valence-electron chi connectivity index (χ1n) is 5.76. The molecular formula is C15H9ClFN3. The standard InChI is InChI=1S/C15H9ClFN3/c16-13-3-1-11(8-19)6-15(13)20-9-12-5-10(7-18)2-4-14(12)17/h1-6,20H,9H2. The van der Waals surface area contributed by atoms with Gasteiger partial charge in [-0.05, 0) is 36.4 Å². The van der Waals surface area contributed by atoms with E-state index in [0.29, 0.717) is 27.4 Å². The SMILES string of the molecule is N#Cc1ccc(F)c(CNc2cc(C#N)ccc2Cl)c1. The molecule has 0 aliphatic heterocycles. The molecule has 0 aliphatic rings. The maximum atomic E-state index is 13.6. The van der Waals surface area contributed by atoms with Crippen molar-refractivity contribution in [3.05, 3.63) is 63.9 Å². The molecule has 0 radical (unpaired) electrons. The Hall–Kier alpha value is -2.56. The minimum atomic E-state index is -0.399. The summed E-state index contributed by atoms with van der Waals surface area (Å²) < 4.78 is 13.6. The first-order chi connectivity index (χ1) is 9.63. The molecule has 0 aromatic heterocycles. The summed E-state index contributed by atoms with van der Waals surface area (Å²) in [4.78, 5) is 0. The molecule has 1 N–H and O–H groups in total. The fourth-order valence-corrected chi connectivity index (χ4v) is 1.88. The summed E-state index contributed by atoms with van der Waals surface area (Å²) in [6, 6.07) is 12.9. The van der Waals surface area contributed by atoms with E-state index in [4.69, 9.17) is 22.1 Å². The lowest BCUT2D eigenvalue weighted by Crippen LogP contribution is -2.03. The summed E-state index contributed by atoms with van der Waals surface area (Å²) >= 11 is 6.00. The molecule has 0 amide bonds. The van der Waals surface area contributed by atoms with Crippen LogP contribution < -0.4 is 5.32 Å². The van der Waals surface area contributed by atoms with E-state index in [-0.39, 0.29) is 6.54 Å². The van der Waals surface area contributed by atoms with Crippen LogP contribution in [0.5, 0.6) is 0 Å². The van der Waals surface area contributed by atoms with Gasteiger partial charge in [-0.3, -0.25) is 0 Å². The van der Waals surface area contributed by atoms with Gasteiger partial charge in [0.15, 0.2) is 0 Å². The molecule has 2 aromatic carbocycles. The summed E-state index contributed by atoms with van der Waals surface area (Å²) in [6.45, 7) is 0.177. The lowest BCUT2D eigenvalue weighted by molar-refractivity contribution is 0.612. The Kier molecular flexibility index (Phi) is 4.20. The van der Waals surface area contributed by atoms with Crippen molar-refractivity contribution in [2.75, 3.05) is 5.32 Å². The van der Waals surface area contributed by atoms with Crippen molar-refractivity contribution in [1.82, 2.24) is 0 Å². The zero-order chi connectivity index (χ0) is 14.5. The molecule has 2 rings (SSSR count). The van der Waals surface area contributed by atoms with Crippen LogP contribution in [-0.4, -0.2) is 0 Å². The van der Waals surface area contributed by atoms with Gasteiger partial charge in [-0.2, -0.15) is 10.5 Å². The highest BCUT2D eigenvalue weighted by Gasteiger charge is 2.06. The van der Waals surface area contributed by atoms with E-state index in [1.807, 2.05) is 12.1 Å². The number of hydrogen-bond donors (Lipinski definition) is 1. The summed E-state index contributed by atoms with van der Waals surface area (Å²) in [6.07, 6.45) is 0. The van der Waals surface area contributed by atoms with Crippen molar-refractivity contribution in [2.45, 2.75) is 6.54 Å². The van der Waals surface area contributed by atoms with Crippen LogP contribution in [0.1, 0.15) is 16.7 Å². The maximum Gasteiger partial charge on any atom is 0.128 e. The third kappa shape index (κ3) is 3.06. The molecule has 0 atom stereocenters. The first-order valence-corrected chi connectivity index (χ1v) is 6.14. The zero-order valence-corrected chi connectivity index (χ0v) is 11.1. The van der Waals surface area contributed by atoms with Crippen molar-refractivity contribution in [3.63, 3.8) is 0 Å². The molecule has 0 spiro atoms. The second-order valence-corrected chi connectivity index (χ2v) is 4.49. The second kappa shape index (κ2) is 6.06. The van der Waals surface area contributed by atoms with Gasteiger partial charge in [0.05, 0.1) is 34.0 Å². The summed E-state index contributed by atoms with van der Waals surface area (Å²) in [5, 5.41) is 21.0. The van der Waals surface area contributed by atoms with Crippen LogP contribution in [0.3, 0.4) is 0 Å². The molecule has 20 heavy (non-hydrogen) atoms. The third-order valence-corrected chi connectivity index (χ3v) is 3.07. The highest BCUT2D eigenvalue weighted by atomic mass is 35.5. The second-order valence-electron chi connectivity index (χ2n) is 4.08. The van der Waals surface area contributed by atoms with Gasteiger partial charge in [0, 0.05) is 12.1 Å². The Morgan fingerprint density at radius 1 is 1.05 bits per heavy atom. The minimum absolute atomic E-state index is 0.177. The quantitative estimate of drug-likeness (QED) is 0.932. The number of hydrogen-bond acceptors (Lipinski definition) is 3. The molecule has 0 heterocycles. The Balaban J connectivity index is 2.21. The van der Waals surface area contributed by atoms with Crippen LogP contribution >= 0.6 is 11.6 Å². The van der Waals surface area contributed by atoms with Crippen molar-refractivity contribution >= 4 is 17.3 Å². The number of nitrogens with one attached hydrogen (secondary N) is 1. The van der Waals surface area contributed by atoms with Crippen molar-refractivity contribution in [2.24, 2.45) is 0 Å². The number of nitriles is 2. The molecule has 0 saturated heterocycles. The highest BCUT2D eigenvalue weighted by Crippen LogP contribution is 2.23. The molecule has 0 bridgehead atoms. The van der Waals surface area contributed by atoms with E-state index in [0.717, 1.165) is 0 Å². The van der Waals surface area contributed by atoms with Crippen LogP contribution in [0.15, 0.2) is 36.4 Å². The van der Waals surface area contributed by atoms with Gasteiger partial charge < -0.3 is 5.32 Å². The topological polar surface area (TPSA) is 59.6 Å². The Bertz CT molecular complexity index is 665. The summed E-state index contributed by atoms with van der Waals surface area (Å²) in [7, 11) is 0. The van der Waals surface area contributed by atoms with Crippen LogP contribution in [-0.2, 0) is 6.54 Å². The van der Waals surface area contributed by atoms with E-state index in [9.17, 15) is 4.39 Å². The number of nitrogens with zero attached hydrogens (tertiary/aromatic N) is 2. The van der Waals surface area contributed by atoms with Gasteiger partial charge in [-0.25, -0.2) is 4.39 Å². The molecular weight excluding hydrogens is 277 g/mol. The van der Waals surface area contributed by atoms with E-state index >= 15 is 0 Å². The average molecular weight is 286 g/mol. The Labute approximate surface area is 120 Å². The van der Waals surface area contributed by atoms with Crippen molar-refractivity contribution in [3.8, 4) is 12.1 Å². The van der Waals surface area contributed by atoms with Gasteiger partial charge in [-0.15, -0.1) is 0 Å². The monoisotopic (exact) mass is 285 g/mol. The predicted molar refractivity (Wildman–Crippen MR) is 74.6 cm³/mol. The lowest BCUT2D eigenvalue weighted by atomic mass is 10.1. The van der Waals surface area contributed by atoms with Gasteiger partial charge in [0.25, 0.3) is 0 Å². The van der Waals surface area contributed by atoms with Gasteiger partial charge in [-0.1, -0.05) is 11.6 Å². The number of halogens is 2. The van der Waals surface area contributed by atoms with E-state index < -0.39 is 5.82 Å². The predicted octanol–water partition coefficient (Wildman–Crippen LogP) is 3.83. The largest absolute Gasteiger partial charge is 0.380 e. The van der Waals surface area contributed by atoms with Crippen molar-refractivity contribution in [1.29, 1.82) is 10.5 Å². The maximum absolute atomic E-state index is 13.6. The first kappa shape index (κ1) is 13.9. The molecule has 5 heteroatoms. The highest BCUT2D eigenvalue weighted by molar-refractivity contribution is 6.33. The number of benzene rings is 2. The molecule has 0 saturated carbocycles. The minimum Gasteiger partial charge on any atom is -0.380 e. The summed E-state index contributed by atoms with van der Waals surface area (Å²) in [5.41, 5.74) is 1.76. The van der Waals surface area contributed by atoms with Crippen molar-refractivity contribution < 1.29 is 4.39 Å². The Morgan fingerprint density at radius 3 is 2.40 bits per heavy atom. The fourth-order valence-electron chi connectivity index (χ4n) is 1.70. The summed E-state index contributed by atoms with van der Waals surface area (Å²) in [5.74, 6) is -0.399. The molecule has 2 aromatic rings. The molecule has 0 unspecified atom stereocenters. The number of anilines is 1. The fraction of sp³-hybridized carbons (Fsp3) is 0.0667. The van der Waals surface area contributed by atoms with Gasteiger partial charge in [0.2, 0.25) is 0 Å². The van der Waals surface area contributed by atoms with Crippen LogP contribution in [0, 0.1) is 28.5 Å². The average Bonchev–Trinajstić information content (AvgIpc) is 2.48. The van der Waals surface area contributed by atoms with E-state index in [1.54, 1.807) is 18.2 Å². The van der Waals surface area contributed by atoms with Gasteiger partial charge in [0.1, 0.15) is 5.82 Å². The lowest BCUT2D eigenvalue weighted by Gasteiger charge is -2.09.